The highest BCUT2D eigenvalue weighted by molar-refractivity contribution is 5.95. The van der Waals surface area contributed by atoms with Crippen LogP contribution in [-0.2, 0) is 0 Å². The van der Waals surface area contributed by atoms with Gasteiger partial charge in [0.05, 0.1) is 6.61 Å². The van der Waals surface area contributed by atoms with Crippen LogP contribution in [0.2, 0.25) is 0 Å². The minimum Gasteiger partial charge on any atom is -0.395 e. The van der Waals surface area contributed by atoms with Crippen LogP contribution in [0.15, 0.2) is 12.1 Å². The van der Waals surface area contributed by atoms with Crippen molar-refractivity contribution < 1.29 is 18.7 Å². The van der Waals surface area contributed by atoms with E-state index in [1.165, 1.54) is 17.9 Å². The fourth-order valence-corrected chi connectivity index (χ4v) is 2.33. The number of rotatable bonds is 3. The van der Waals surface area contributed by atoms with E-state index in [9.17, 15) is 13.6 Å². The Morgan fingerprint density at radius 2 is 1.90 bits per heavy atom. The Labute approximate surface area is 116 Å². The summed E-state index contributed by atoms with van der Waals surface area (Å²) >= 11 is 0. The molecule has 110 valence electrons. The summed E-state index contributed by atoms with van der Waals surface area (Å²) in [6, 6.07) is 2.44. The third kappa shape index (κ3) is 2.96. The number of piperazine rings is 1. The average molecular weight is 284 g/mol. The maximum absolute atomic E-state index is 13.9. The number of benzene rings is 1. The quantitative estimate of drug-likeness (QED) is 0.901. The fraction of sp³-hybridized carbons (Fsp3) is 0.500. The molecule has 1 N–H and O–H groups in total. The molecule has 1 amide bonds. The molecule has 0 aromatic heterocycles. The number of aliphatic hydroxyl groups excluding tert-OH is 1. The lowest BCUT2D eigenvalue weighted by molar-refractivity contribution is 0.0605. The van der Waals surface area contributed by atoms with Crippen LogP contribution in [0.3, 0.4) is 0 Å². The van der Waals surface area contributed by atoms with Gasteiger partial charge in [-0.2, -0.15) is 0 Å². The van der Waals surface area contributed by atoms with Crippen molar-refractivity contribution in [2.75, 3.05) is 39.3 Å². The summed E-state index contributed by atoms with van der Waals surface area (Å²) in [6.45, 7) is 4.13. The smallest absolute Gasteiger partial charge is 0.259 e. The molecule has 1 aromatic rings. The van der Waals surface area contributed by atoms with Gasteiger partial charge in [-0.25, -0.2) is 8.78 Å². The Morgan fingerprint density at radius 1 is 1.25 bits per heavy atom. The van der Waals surface area contributed by atoms with Crippen LogP contribution in [0.25, 0.3) is 0 Å². The SMILES string of the molecule is Cc1ccc(F)c(C(=O)N2CCN(CCO)CC2)c1F. The lowest BCUT2D eigenvalue weighted by Crippen LogP contribution is -2.49. The molecule has 1 aliphatic rings. The molecule has 4 nitrogen and oxygen atoms in total. The third-order valence-corrected chi connectivity index (χ3v) is 3.57. The lowest BCUT2D eigenvalue weighted by Gasteiger charge is -2.34. The minimum atomic E-state index is -0.823. The molecular formula is C14H18F2N2O2. The van der Waals surface area contributed by atoms with Crippen LogP contribution in [-0.4, -0.2) is 60.1 Å². The van der Waals surface area contributed by atoms with E-state index in [2.05, 4.69) is 0 Å². The standard InChI is InChI=1S/C14H18F2N2O2/c1-10-2-3-11(15)12(13(10)16)14(20)18-6-4-17(5-7-18)8-9-19/h2-3,19H,4-9H2,1H3. The zero-order valence-electron chi connectivity index (χ0n) is 11.4. The van der Waals surface area contributed by atoms with Crippen LogP contribution in [0, 0.1) is 18.6 Å². The molecule has 1 aromatic carbocycles. The van der Waals surface area contributed by atoms with Crippen LogP contribution in [0.5, 0.6) is 0 Å². The minimum absolute atomic E-state index is 0.0646. The van der Waals surface area contributed by atoms with Crippen LogP contribution in [0.4, 0.5) is 8.78 Å². The maximum atomic E-state index is 13.9. The van der Waals surface area contributed by atoms with Gasteiger partial charge in [0.15, 0.2) is 0 Å². The van der Waals surface area contributed by atoms with Crippen LogP contribution >= 0.6 is 0 Å². The summed E-state index contributed by atoms with van der Waals surface area (Å²) < 4.78 is 27.6. The monoisotopic (exact) mass is 284 g/mol. The fourth-order valence-electron chi connectivity index (χ4n) is 2.33. The van der Waals surface area contributed by atoms with Crippen molar-refractivity contribution in [2.45, 2.75) is 6.92 Å². The largest absolute Gasteiger partial charge is 0.395 e. The van der Waals surface area contributed by atoms with E-state index >= 15 is 0 Å². The van der Waals surface area contributed by atoms with Gasteiger partial charge >= 0.3 is 0 Å². The van der Waals surface area contributed by atoms with Gasteiger partial charge in [0, 0.05) is 32.7 Å². The van der Waals surface area contributed by atoms with E-state index in [-0.39, 0.29) is 12.2 Å². The molecule has 0 spiro atoms. The molecule has 0 unspecified atom stereocenters. The number of β-amino-alcohol motifs (C(OH)–C–C–N with tert-alkyl or cyclic N) is 1. The van der Waals surface area contributed by atoms with Gasteiger partial charge in [-0.1, -0.05) is 6.07 Å². The first kappa shape index (κ1) is 14.9. The molecule has 0 bridgehead atoms. The number of amides is 1. The number of aliphatic hydroxyl groups is 1. The third-order valence-electron chi connectivity index (χ3n) is 3.57. The molecule has 1 aliphatic heterocycles. The van der Waals surface area contributed by atoms with Crippen molar-refractivity contribution in [1.82, 2.24) is 9.80 Å². The number of carbonyl (C=O) groups excluding carboxylic acids is 1. The predicted octanol–water partition coefficient (Wildman–Crippen LogP) is 1.02. The van der Waals surface area contributed by atoms with E-state index in [0.717, 1.165) is 6.07 Å². The van der Waals surface area contributed by atoms with Gasteiger partial charge in [-0.3, -0.25) is 9.69 Å². The number of hydrogen-bond acceptors (Lipinski definition) is 3. The van der Waals surface area contributed by atoms with E-state index in [0.29, 0.717) is 32.7 Å². The van der Waals surface area contributed by atoms with Crippen molar-refractivity contribution in [3.63, 3.8) is 0 Å². The Balaban J connectivity index is 2.12. The molecule has 0 atom stereocenters. The first-order valence-corrected chi connectivity index (χ1v) is 6.61. The van der Waals surface area contributed by atoms with Crippen molar-refractivity contribution in [3.8, 4) is 0 Å². The van der Waals surface area contributed by atoms with Gasteiger partial charge in [-0.05, 0) is 18.6 Å². The number of carbonyl (C=O) groups is 1. The van der Waals surface area contributed by atoms with Crippen molar-refractivity contribution in [1.29, 1.82) is 0 Å². The predicted molar refractivity (Wildman–Crippen MR) is 70.5 cm³/mol. The van der Waals surface area contributed by atoms with E-state index in [1.54, 1.807) is 0 Å². The molecule has 20 heavy (non-hydrogen) atoms. The molecule has 0 aliphatic carbocycles. The summed E-state index contributed by atoms with van der Waals surface area (Å²) in [5.41, 5.74) is -0.214. The van der Waals surface area contributed by atoms with Gasteiger partial charge in [0.25, 0.3) is 5.91 Å². The molecule has 6 heteroatoms. The molecule has 0 saturated carbocycles. The van der Waals surface area contributed by atoms with Crippen LogP contribution in [0.1, 0.15) is 15.9 Å². The highest BCUT2D eigenvalue weighted by Crippen LogP contribution is 2.19. The molecule has 1 fully saturated rings. The van der Waals surface area contributed by atoms with E-state index < -0.39 is 23.1 Å². The Hall–Kier alpha value is -1.53. The number of nitrogens with zero attached hydrogens (tertiary/aromatic N) is 2. The average Bonchev–Trinajstić information content (AvgIpc) is 2.44. The molecular weight excluding hydrogens is 266 g/mol. The topological polar surface area (TPSA) is 43.8 Å². The second-order valence-corrected chi connectivity index (χ2v) is 4.91. The molecule has 0 radical (unpaired) electrons. The van der Waals surface area contributed by atoms with Crippen molar-refractivity contribution >= 4 is 5.91 Å². The summed E-state index contributed by atoms with van der Waals surface area (Å²) in [4.78, 5) is 15.7. The zero-order valence-corrected chi connectivity index (χ0v) is 11.4. The van der Waals surface area contributed by atoms with E-state index in [1.807, 2.05) is 4.90 Å². The Morgan fingerprint density at radius 3 is 2.50 bits per heavy atom. The second-order valence-electron chi connectivity index (χ2n) is 4.91. The zero-order chi connectivity index (χ0) is 14.7. The molecule has 1 heterocycles. The van der Waals surface area contributed by atoms with Crippen molar-refractivity contribution in [2.24, 2.45) is 0 Å². The number of hydrogen-bond donors (Lipinski definition) is 1. The summed E-state index contributed by atoms with van der Waals surface area (Å²) in [6.07, 6.45) is 0. The summed E-state index contributed by atoms with van der Waals surface area (Å²) in [7, 11) is 0. The maximum Gasteiger partial charge on any atom is 0.259 e. The highest BCUT2D eigenvalue weighted by Gasteiger charge is 2.27. The van der Waals surface area contributed by atoms with Gasteiger partial charge < -0.3 is 10.0 Å². The Bertz CT molecular complexity index is 500. The summed E-state index contributed by atoms with van der Waals surface area (Å²) in [5.74, 6) is -2.21. The molecule has 1 saturated heterocycles. The lowest BCUT2D eigenvalue weighted by atomic mass is 10.1. The first-order chi connectivity index (χ1) is 9.54. The molecule has 2 rings (SSSR count). The highest BCUT2D eigenvalue weighted by atomic mass is 19.1. The van der Waals surface area contributed by atoms with Crippen molar-refractivity contribution in [3.05, 3.63) is 34.9 Å². The number of halogens is 2. The number of aryl methyl sites for hydroxylation is 1. The van der Waals surface area contributed by atoms with Gasteiger partial charge in [0.2, 0.25) is 0 Å². The van der Waals surface area contributed by atoms with Gasteiger partial charge in [-0.15, -0.1) is 0 Å². The van der Waals surface area contributed by atoms with Gasteiger partial charge in [0.1, 0.15) is 17.2 Å². The normalized spacial score (nSPS) is 16.5. The summed E-state index contributed by atoms with van der Waals surface area (Å²) in [5, 5.41) is 8.85. The van der Waals surface area contributed by atoms with Crippen LogP contribution < -0.4 is 0 Å². The second kappa shape index (κ2) is 6.28. The first-order valence-electron chi connectivity index (χ1n) is 6.61. The Kier molecular flexibility index (Phi) is 4.67. The van der Waals surface area contributed by atoms with E-state index in [4.69, 9.17) is 5.11 Å².